The first-order chi connectivity index (χ1) is 7.16. The summed E-state index contributed by atoms with van der Waals surface area (Å²) >= 11 is 0. The number of aliphatic hydroxyl groups is 2. The number of hydrogen-bond acceptors (Lipinski definition) is 4. The molecule has 0 saturated heterocycles. The topological polar surface area (TPSA) is 102 Å². The van der Waals surface area contributed by atoms with Crippen LogP contribution >= 0.6 is 0 Å². The molecule has 2 N–H and O–H groups in total. The first kappa shape index (κ1) is 11.5. The average molecular weight is 208 g/mol. The standard InChI is InChI=1S/C9H12N4O2/c1-6-7(3-2-4-11-6)9(15)8(14)5-12-13-10/h2-4,8-9,14-15H,5H2,1H3. The van der Waals surface area contributed by atoms with Gasteiger partial charge >= 0.3 is 0 Å². The van der Waals surface area contributed by atoms with Crippen molar-refractivity contribution in [2.24, 2.45) is 5.11 Å². The lowest BCUT2D eigenvalue weighted by molar-refractivity contribution is 0.0238. The fourth-order valence-electron chi connectivity index (χ4n) is 1.24. The Balaban J connectivity index is 2.79. The van der Waals surface area contributed by atoms with Gasteiger partial charge in [-0.25, -0.2) is 0 Å². The van der Waals surface area contributed by atoms with Crippen molar-refractivity contribution in [1.29, 1.82) is 0 Å². The van der Waals surface area contributed by atoms with Gasteiger partial charge in [0.25, 0.3) is 0 Å². The summed E-state index contributed by atoms with van der Waals surface area (Å²) in [5.74, 6) is 0. The van der Waals surface area contributed by atoms with Gasteiger partial charge in [0, 0.05) is 22.4 Å². The molecule has 2 unspecified atom stereocenters. The third kappa shape index (κ3) is 2.92. The molecule has 0 amide bonds. The predicted molar refractivity (Wildman–Crippen MR) is 54.0 cm³/mol. The van der Waals surface area contributed by atoms with E-state index in [2.05, 4.69) is 15.0 Å². The Morgan fingerprint density at radius 2 is 2.33 bits per heavy atom. The van der Waals surface area contributed by atoms with Crippen molar-refractivity contribution in [3.05, 3.63) is 40.0 Å². The molecule has 1 heterocycles. The van der Waals surface area contributed by atoms with Crippen LogP contribution in [0.3, 0.4) is 0 Å². The van der Waals surface area contributed by atoms with Gasteiger partial charge < -0.3 is 10.2 Å². The van der Waals surface area contributed by atoms with E-state index in [-0.39, 0.29) is 6.54 Å². The number of aromatic nitrogens is 1. The molecule has 0 aromatic carbocycles. The van der Waals surface area contributed by atoms with Crippen LogP contribution in [-0.4, -0.2) is 27.8 Å². The summed E-state index contributed by atoms with van der Waals surface area (Å²) in [6, 6.07) is 3.35. The summed E-state index contributed by atoms with van der Waals surface area (Å²) < 4.78 is 0. The van der Waals surface area contributed by atoms with Crippen molar-refractivity contribution >= 4 is 0 Å². The Bertz CT molecular complexity index is 376. The number of pyridine rings is 1. The first-order valence-electron chi connectivity index (χ1n) is 4.45. The maximum atomic E-state index is 9.72. The summed E-state index contributed by atoms with van der Waals surface area (Å²) in [7, 11) is 0. The van der Waals surface area contributed by atoms with E-state index in [0.717, 1.165) is 0 Å². The SMILES string of the molecule is Cc1ncccc1C(O)C(O)CN=[N+]=[N-]. The van der Waals surface area contributed by atoms with Crippen molar-refractivity contribution in [2.75, 3.05) is 6.54 Å². The molecule has 80 valence electrons. The van der Waals surface area contributed by atoms with Crippen LogP contribution in [0.2, 0.25) is 0 Å². The van der Waals surface area contributed by atoms with Crippen LogP contribution in [0.4, 0.5) is 0 Å². The maximum absolute atomic E-state index is 9.72. The van der Waals surface area contributed by atoms with E-state index in [9.17, 15) is 10.2 Å². The van der Waals surface area contributed by atoms with Gasteiger partial charge in [-0.3, -0.25) is 4.98 Å². The minimum Gasteiger partial charge on any atom is -0.390 e. The molecular weight excluding hydrogens is 196 g/mol. The highest BCUT2D eigenvalue weighted by atomic mass is 16.3. The molecule has 0 aliphatic carbocycles. The van der Waals surface area contributed by atoms with E-state index in [1.807, 2.05) is 0 Å². The lowest BCUT2D eigenvalue weighted by Crippen LogP contribution is -2.22. The largest absolute Gasteiger partial charge is 0.390 e. The number of aliphatic hydroxyl groups excluding tert-OH is 2. The molecule has 0 bridgehead atoms. The third-order valence-corrected chi connectivity index (χ3v) is 2.06. The van der Waals surface area contributed by atoms with Crippen LogP contribution in [0.15, 0.2) is 23.4 Å². The minimum atomic E-state index is -1.11. The number of nitrogens with zero attached hydrogens (tertiary/aromatic N) is 4. The zero-order chi connectivity index (χ0) is 11.3. The van der Waals surface area contributed by atoms with Crippen molar-refractivity contribution in [1.82, 2.24) is 4.98 Å². The van der Waals surface area contributed by atoms with Crippen molar-refractivity contribution < 1.29 is 10.2 Å². The van der Waals surface area contributed by atoms with E-state index in [4.69, 9.17) is 5.53 Å². The number of rotatable bonds is 4. The Kier molecular flexibility index (Phi) is 4.05. The molecule has 6 heteroatoms. The minimum absolute atomic E-state index is 0.161. The molecule has 0 saturated carbocycles. The zero-order valence-corrected chi connectivity index (χ0v) is 8.28. The van der Waals surface area contributed by atoms with E-state index < -0.39 is 12.2 Å². The molecule has 1 aromatic rings. The highest BCUT2D eigenvalue weighted by Gasteiger charge is 2.19. The van der Waals surface area contributed by atoms with Gasteiger partial charge in [-0.1, -0.05) is 11.2 Å². The summed E-state index contributed by atoms with van der Waals surface area (Å²) in [4.78, 5) is 6.50. The van der Waals surface area contributed by atoms with Crippen molar-refractivity contribution in [2.45, 2.75) is 19.1 Å². The molecular formula is C9H12N4O2. The van der Waals surface area contributed by atoms with Gasteiger partial charge in [0.05, 0.1) is 12.6 Å². The summed E-state index contributed by atoms with van der Waals surface area (Å²) in [5.41, 5.74) is 9.26. The zero-order valence-electron chi connectivity index (χ0n) is 8.28. The monoisotopic (exact) mass is 208 g/mol. The molecule has 0 radical (unpaired) electrons. The molecule has 6 nitrogen and oxygen atoms in total. The molecule has 0 fully saturated rings. The van der Waals surface area contributed by atoms with Gasteiger partial charge in [0.15, 0.2) is 0 Å². The smallest absolute Gasteiger partial charge is 0.107 e. The van der Waals surface area contributed by atoms with Gasteiger partial charge in [-0.05, 0) is 18.5 Å². The van der Waals surface area contributed by atoms with Crippen LogP contribution in [0.25, 0.3) is 10.4 Å². The summed E-state index contributed by atoms with van der Waals surface area (Å²) in [6.07, 6.45) is -0.584. The summed E-state index contributed by atoms with van der Waals surface area (Å²) in [6.45, 7) is 1.57. The van der Waals surface area contributed by atoms with E-state index >= 15 is 0 Å². The van der Waals surface area contributed by atoms with E-state index in [0.29, 0.717) is 11.3 Å². The molecule has 0 spiro atoms. The van der Waals surface area contributed by atoms with Gasteiger partial charge in [-0.2, -0.15) is 0 Å². The van der Waals surface area contributed by atoms with Crippen LogP contribution in [0.5, 0.6) is 0 Å². The highest BCUT2D eigenvalue weighted by molar-refractivity contribution is 5.21. The molecule has 0 aliphatic heterocycles. The van der Waals surface area contributed by atoms with E-state index in [1.165, 1.54) is 0 Å². The Labute approximate surface area is 86.8 Å². The molecule has 2 atom stereocenters. The highest BCUT2D eigenvalue weighted by Crippen LogP contribution is 2.19. The van der Waals surface area contributed by atoms with Crippen LogP contribution in [0, 0.1) is 6.92 Å². The Hall–Kier alpha value is -1.62. The average Bonchev–Trinajstić information content (AvgIpc) is 2.25. The number of hydrogen-bond donors (Lipinski definition) is 2. The lowest BCUT2D eigenvalue weighted by Gasteiger charge is -2.17. The van der Waals surface area contributed by atoms with Crippen molar-refractivity contribution in [3.63, 3.8) is 0 Å². The van der Waals surface area contributed by atoms with Gasteiger partial charge in [0.1, 0.15) is 6.10 Å². The second kappa shape index (κ2) is 5.31. The van der Waals surface area contributed by atoms with Gasteiger partial charge in [0.2, 0.25) is 0 Å². The number of azide groups is 1. The third-order valence-electron chi connectivity index (χ3n) is 2.06. The van der Waals surface area contributed by atoms with Crippen molar-refractivity contribution in [3.8, 4) is 0 Å². The van der Waals surface area contributed by atoms with Crippen LogP contribution in [0.1, 0.15) is 17.4 Å². The molecule has 1 aromatic heterocycles. The van der Waals surface area contributed by atoms with Gasteiger partial charge in [-0.15, -0.1) is 0 Å². The molecule has 1 rings (SSSR count). The normalized spacial score (nSPS) is 14.1. The maximum Gasteiger partial charge on any atom is 0.107 e. The quantitative estimate of drug-likeness (QED) is 0.440. The fourth-order valence-corrected chi connectivity index (χ4v) is 1.24. The van der Waals surface area contributed by atoms with Crippen LogP contribution in [-0.2, 0) is 0 Å². The van der Waals surface area contributed by atoms with Crippen LogP contribution < -0.4 is 0 Å². The summed E-state index contributed by atoms with van der Waals surface area (Å²) in [5, 5.41) is 22.4. The second-order valence-corrected chi connectivity index (χ2v) is 3.10. The fraction of sp³-hybridized carbons (Fsp3) is 0.444. The number of aryl methyl sites for hydroxylation is 1. The molecule has 0 aliphatic rings. The van der Waals surface area contributed by atoms with E-state index in [1.54, 1.807) is 25.3 Å². The Morgan fingerprint density at radius 3 is 2.93 bits per heavy atom. The Morgan fingerprint density at radius 1 is 1.60 bits per heavy atom. The predicted octanol–water partition coefficient (Wildman–Crippen LogP) is 1.09. The lowest BCUT2D eigenvalue weighted by atomic mass is 10.0. The first-order valence-corrected chi connectivity index (χ1v) is 4.45. The second-order valence-electron chi connectivity index (χ2n) is 3.10. The molecule has 15 heavy (non-hydrogen) atoms.